The molecule has 1 aromatic heterocycles. The number of nitrogens with zero attached hydrogens (tertiary/aromatic N) is 2. The van der Waals surface area contributed by atoms with E-state index in [2.05, 4.69) is 25.5 Å². The molecule has 1 fully saturated rings. The van der Waals surface area contributed by atoms with Gasteiger partial charge in [-0.1, -0.05) is 0 Å². The number of imidazole rings is 1. The highest BCUT2D eigenvalue weighted by Crippen LogP contribution is 2.16. The average Bonchev–Trinajstić information content (AvgIpc) is 2.95. The van der Waals surface area contributed by atoms with Crippen molar-refractivity contribution in [1.82, 2.24) is 25.5 Å². The molecule has 1 aliphatic heterocycles. The first kappa shape index (κ1) is 19.6. The topological polar surface area (TPSA) is 73.1 Å². The summed E-state index contributed by atoms with van der Waals surface area (Å²) in [4.78, 5) is 21.4. The molecule has 3 rings (SSSR count). The van der Waals surface area contributed by atoms with Gasteiger partial charge in [-0.2, -0.15) is 0 Å². The summed E-state index contributed by atoms with van der Waals surface area (Å²) in [5.41, 5.74) is 1.30. The van der Waals surface area contributed by atoms with Gasteiger partial charge in [0.2, 0.25) is 0 Å². The summed E-state index contributed by atoms with van der Waals surface area (Å²) in [5, 5.41) is 6.11. The van der Waals surface area contributed by atoms with E-state index in [1.807, 2.05) is 0 Å². The maximum absolute atomic E-state index is 13.5. The third-order valence-corrected chi connectivity index (χ3v) is 3.66. The fraction of sp³-hybridized carbons (Fsp3) is 0.429. The Kier molecular flexibility index (Phi) is 7.70. The Labute approximate surface area is 146 Å². The molecule has 0 radical (unpaired) electrons. The first-order chi connectivity index (χ1) is 10.2. The van der Waals surface area contributed by atoms with Gasteiger partial charge in [0.05, 0.1) is 17.4 Å². The van der Waals surface area contributed by atoms with Crippen molar-refractivity contribution >= 4 is 41.8 Å². The van der Waals surface area contributed by atoms with E-state index in [4.69, 9.17) is 0 Å². The van der Waals surface area contributed by atoms with Crippen LogP contribution < -0.4 is 10.6 Å². The molecule has 128 valence electrons. The number of aromatic amines is 1. The van der Waals surface area contributed by atoms with E-state index in [1.54, 1.807) is 0 Å². The zero-order chi connectivity index (χ0) is 14.7. The predicted octanol–water partition coefficient (Wildman–Crippen LogP) is 1.18. The summed E-state index contributed by atoms with van der Waals surface area (Å²) in [6.45, 7) is 5.27. The van der Waals surface area contributed by atoms with Crippen LogP contribution in [0.1, 0.15) is 10.4 Å². The Balaban J connectivity index is 0.00000132. The highest BCUT2D eigenvalue weighted by atomic mass is 35.5. The Morgan fingerprint density at radius 2 is 2.04 bits per heavy atom. The number of halogens is 3. The van der Waals surface area contributed by atoms with Gasteiger partial charge in [-0.15, -0.1) is 24.8 Å². The van der Waals surface area contributed by atoms with Gasteiger partial charge in [-0.3, -0.25) is 9.69 Å². The molecule has 0 saturated carbocycles. The van der Waals surface area contributed by atoms with Gasteiger partial charge in [0.15, 0.2) is 0 Å². The van der Waals surface area contributed by atoms with Crippen LogP contribution >= 0.6 is 24.8 Å². The summed E-state index contributed by atoms with van der Waals surface area (Å²) in [6, 6.07) is 2.56. The van der Waals surface area contributed by atoms with Gasteiger partial charge in [0, 0.05) is 39.3 Å². The van der Waals surface area contributed by atoms with Gasteiger partial charge in [0.1, 0.15) is 11.3 Å². The molecule has 6 nitrogen and oxygen atoms in total. The number of carbonyl (C=O) groups excluding carboxylic acids is 1. The highest BCUT2D eigenvalue weighted by Gasteiger charge is 2.15. The third kappa shape index (κ3) is 4.78. The van der Waals surface area contributed by atoms with E-state index >= 15 is 0 Å². The lowest BCUT2D eigenvalue weighted by atomic mass is 10.1. The summed E-state index contributed by atoms with van der Waals surface area (Å²) >= 11 is 0. The summed E-state index contributed by atoms with van der Waals surface area (Å²) in [6.07, 6.45) is 1.46. The zero-order valence-electron chi connectivity index (χ0n) is 12.5. The number of nitrogens with one attached hydrogen (secondary N) is 3. The minimum atomic E-state index is -0.445. The maximum Gasteiger partial charge on any atom is 0.253 e. The van der Waals surface area contributed by atoms with Gasteiger partial charge in [0.25, 0.3) is 5.91 Å². The van der Waals surface area contributed by atoms with Gasteiger partial charge < -0.3 is 15.6 Å². The van der Waals surface area contributed by atoms with E-state index in [-0.39, 0.29) is 36.3 Å². The second-order valence-electron chi connectivity index (χ2n) is 5.10. The number of benzene rings is 1. The van der Waals surface area contributed by atoms with Gasteiger partial charge in [-0.25, -0.2) is 9.37 Å². The molecule has 0 spiro atoms. The molecule has 1 amide bonds. The minimum absolute atomic E-state index is 0. The average molecular weight is 364 g/mol. The minimum Gasteiger partial charge on any atom is -0.351 e. The maximum atomic E-state index is 13.5. The molecular formula is C14H20Cl2FN5O. The van der Waals surface area contributed by atoms with Crippen molar-refractivity contribution in [1.29, 1.82) is 0 Å². The van der Waals surface area contributed by atoms with Crippen LogP contribution in [0, 0.1) is 5.82 Å². The molecular weight excluding hydrogens is 344 g/mol. The van der Waals surface area contributed by atoms with E-state index in [0.29, 0.717) is 17.6 Å². The third-order valence-electron chi connectivity index (χ3n) is 3.66. The van der Waals surface area contributed by atoms with Crippen molar-refractivity contribution in [3.8, 4) is 0 Å². The summed E-state index contributed by atoms with van der Waals surface area (Å²) < 4.78 is 13.5. The second-order valence-corrected chi connectivity index (χ2v) is 5.10. The summed E-state index contributed by atoms with van der Waals surface area (Å²) in [7, 11) is 0. The molecule has 0 unspecified atom stereocenters. The number of piperazine rings is 1. The summed E-state index contributed by atoms with van der Waals surface area (Å²) in [5.74, 6) is -0.735. The molecule has 2 aromatic rings. The molecule has 1 aromatic carbocycles. The van der Waals surface area contributed by atoms with Crippen molar-refractivity contribution in [3.05, 3.63) is 29.8 Å². The molecule has 1 aliphatic rings. The molecule has 23 heavy (non-hydrogen) atoms. The van der Waals surface area contributed by atoms with Crippen LogP contribution in [-0.2, 0) is 0 Å². The number of amides is 1. The molecule has 0 bridgehead atoms. The number of carbonyl (C=O) groups is 1. The van der Waals surface area contributed by atoms with Crippen LogP contribution in [0.2, 0.25) is 0 Å². The van der Waals surface area contributed by atoms with Crippen molar-refractivity contribution in [2.75, 3.05) is 39.3 Å². The lowest BCUT2D eigenvalue weighted by Crippen LogP contribution is -2.46. The first-order valence-corrected chi connectivity index (χ1v) is 7.08. The molecule has 1 saturated heterocycles. The fourth-order valence-corrected chi connectivity index (χ4v) is 2.55. The molecule has 3 N–H and O–H groups in total. The van der Waals surface area contributed by atoms with Gasteiger partial charge >= 0.3 is 0 Å². The van der Waals surface area contributed by atoms with E-state index in [0.717, 1.165) is 32.7 Å². The standard InChI is InChI=1S/C14H18FN5O.2ClH/c15-10-7-11(13-12(8-10)18-9-19-13)14(21)17-3-6-20-4-1-16-2-5-20;;/h7-9,16H,1-6H2,(H,17,21)(H,18,19);2*1H. The molecule has 0 atom stereocenters. The lowest BCUT2D eigenvalue weighted by molar-refractivity contribution is 0.0948. The van der Waals surface area contributed by atoms with Gasteiger partial charge in [-0.05, 0) is 12.1 Å². The van der Waals surface area contributed by atoms with Crippen molar-refractivity contribution in [3.63, 3.8) is 0 Å². The first-order valence-electron chi connectivity index (χ1n) is 7.08. The van der Waals surface area contributed by atoms with E-state index < -0.39 is 5.82 Å². The number of hydrogen-bond acceptors (Lipinski definition) is 4. The monoisotopic (exact) mass is 363 g/mol. The van der Waals surface area contributed by atoms with E-state index in [1.165, 1.54) is 18.5 Å². The van der Waals surface area contributed by atoms with Crippen molar-refractivity contribution in [2.45, 2.75) is 0 Å². The number of fused-ring (bicyclic) bond motifs is 1. The Morgan fingerprint density at radius 3 is 2.78 bits per heavy atom. The van der Waals surface area contributed by atoms with Crippen molar-refractivity contribution in [2.24, 2.45) is 0 Å². The van der Waals surface area contributed by atoms with Crippen LogP contribution in [0.5, 0.6) is 0 Å². The largest absolute Gasteiger partial charge is 0.351 e. The van der Waals surface area contributed by atoms with Crippen LogP contribution in [0.4, 0.5) is 4.39 Å². The second kappa shape index (κ2) is 9.02. The van der Waals surface area contributed by atoms with E-state index in [9.17, 15) is 9.18 Å². The number of H-pyrrole nitrogens is 1. The lowest BCUT2D eigenvalue weighted by Gasteiger charge is -2.27. The molecule has 2 heterocycles. The number of aromatic nitrogens is 2. The van der Waals surface area contributed by atoms with Crippen molar-refractivity contribution < 1.29 is 9.18 Å². The SMILES string of the molecule is Cl.Cl.O=C(NCCN1CCNCC1)c1cc(F)cc2[nH]cnc12. The fourth-order valence-electron chi connectivity index (χ4n) is 2.55. The molecule has 0 aliphatic carbocycles. The number of rotatable bonds is 4. The highest BCUT2D eigenvalue weighted by molar-refractivity contribution is 6.04. The Morgan fingerprint density at radius 1 is 1.30 bits per heavy atom. The van der Waals surface area contributed by atoms with Crippen LogP contribution in [0.3, 0.4) is 0 Å². The smallest absolute Gasteiger partial charge is 0.253 e. The number of hydrogen-bond donors (Lipinski definition) is 3. The zero-order valence-corrected chi connectivity index (χ0v) is 14.1. The predicted molar refractivity (Wildman–Crippen MR) is 92.2 cm³/mol. The Hall–Kier alpha value is -1.41. The Bertz CT molecular complexity index is 645. The quantitative estimate of drug-likeness (QED) is 0.762. The molecule has 9 heteroatoms. The van der Waals surface area contributed by atoms with Crippen LogP contribution in [0.25, 0.3) is 11.0 Å². The normalized spacial score (nSPS) is 14.8. The van der Waals surface area contributed by atoms with Crippen LogP contribution in [0.15, 0.2) is 18.5 Å². The van der Waals surface area contributed by atoms with Crippen LogP contribution in [-0.4, -0.2) is 60.0 Å².